The Morgan fingerprint density at radius 3 is 2.83 bits per heavy atom. The van der Waals surface area contributed by atoms with Crippen LogP contribution in [0.4, 0.5) is 0 Å². The van der Waals surface area contributed by atoms with Gasteiger partial charge in [-0.25, -0.2) is 4.98 Å². The van der Waals surface area contributed by atoms with Crippen molar-refractivity contribution in [2.24, 2.45) is 7.05 Å². The van der Waals surface area contributed by atoms with Crippen LogP contribution in [0.5, 0.6) is 11.5 Å². The number of carbonyl (C=O) groups is 1. The molecule has 1 saturated heterocycles. The van der Waals surface area contributed by atoms with Crippen LogP contribution < -0.4 is 15.0 Å². The highest BCUT2D eigenvalue weighted by molar-refractivity contribution is 5.98. The first-order valence-electron chi connectivity index (χ1n) is 9.80. The number of hydrogen-bond acceptors (Lipinski definition) is 5. The summed E-state index contributed by atoms with van der Waals surface area (Å²) in [6.07, 6.45) is 1.61. The van der Waals surface area contributed by atoms with Gasteiger partial charge in [0.15, 0.2) is 11.5 Å². The summed E-state index contributed by atoms with van der Waals surface area (Å²) >= 11 is 0. The number of ether oxygens (including phenoxy) is 2. The lowest BCUT2D eigenvalue weighted by molar-refractivity contribution is 0.0717. The molecule has 1 amide bonds. The van der Waals surface area contributed by atoms with Gasteiger partial charge in [0.2, 0.25) is 0 Å². The number of rotatable bonds is 2. The van der Waals surface area contributed by atoms with E-state index in [9.17, 15) is 9.59 Å². The van der Waals surface area contributed by atoms with Gasteiger partial charge in [-0.3, -0.25) is 14.2 Å². The van der Waals surface area contributed by atoms with Crippen LogP contribution in [0.25, 0.3) is 10.9 Å². The van der Waals surface area contributed by atoms with Crippen molar-refractivity contribution in [2.45, 2.75) is 18.9 Å². The van der Waals surface area contributed by atoms with Crippen molar-refractivity contribution in [3.63, 3.8) is 0 Å². The van der Waals surface area contributed by atoms with Crippen LogP contribution in [0.3, 0.4) is 0 Å². The fourth-order valence-electron chi connectivity index (χ4n) is 4.21. The van der Waals surface area contributed by atoms with Crippen LogP contribution in [-0.4, -0.2) is 40.1 Å². The summed E-state index contributed by atoms with van der Waals surface area (Å²) in [5, 5.41) is 0.581. The zero-order chi connectivity index (χ0) is 20.0. The Balaban J connectivity index is 1.56. The molecule has 2 aliphatic rings. The van der Waals surface area contributed by atoms with E-state index in [1.165, 1.54) is 0 Å². The molecular weight excluding hydrogens is 370 g/mol. The summed E-state index contributed by atoms with van der Waals surface area (Å²) in [6, 6.07) is 12.4. The van der Waals surface area contributed by atoms with E-state index in [1.54, 1.807) is 40.8 Å². The second-order valence-electron chi connectivity index (χ2n) is 7.34. The molecule has 1 aromatic heterocycles. The maximum Gasteiger partial charge on any atom is 0.261 e. The molecule has 1 unspecified atom stereocenters. The first-order valence-corrected chi connectivity index (χ1v) is 9.80. The number of amides is 1. The smallest absolute Gasteiger partial charge is 0.261 e. The summed E-state index contributed by atoms with van der Waals surface area (Å²) in [5.41, 5.74) is 1.04. The lowest BCUT2D eigenvalue weighted by Gasteiger charge is -2.28. The van der Waals surface area contributed by atoms with Gasteiger partial charge in [-0.1, -0.05) is 18.2 Å². The maximum absolute atomic E-state index is 13.4. The maximum atomic E-state index is 13.4. The second-order valence-corrected chi connectivity index (χ2v) is 7.34. The summed E-state index contributed by atoms with van der Waals surface area (Å²) < 4.78 is 12.9. The molecule has 7 heteroatoms. The number of nitrogens with zero attached hydrogens (tertiary/aromatic N) is 3. The van der Waals surface area contributed by atoms with Gasteiger partial charge in [-0.15, -0.1) is 0 Å². The lowest BCUT2D eigenvalue weighted by atomic mass is 10.1. The fourth-order valence-corrected chi connectivity index (χ4v) is 4.21. The van der Waals surface area contributed by atoms with Crippen LogP contribution in [-0.2, 0) is 7.05 Å². The molecular formula is C22H21N3O4. The Morgan fingerprint density at radius 1 is 1.10 bits per heavy atom. The van der Waals surface area contributed by atoms with E-state index >= 15 is 0 Å². The Labute approximate surface area is 167 Å². The fraction of sp³-hybridized carbons (Fsp3) is 0.318. The van der Waals surface area contributed by atoms with E-state index in [0.29, 0.717) is 53.5 Å². The van der Waals surface area contributed by atoms with E-state index in [2.05, 4.69) is 0 Å². The van der Waals surface area contributed by atoms with E-state index in [0.717, 1.165) is 12.8 Å². The van der Waals surface area contributed by atoms with Crippen LogP contribution in [0.15, 0.2) is 47.3 Å². The average molecular weight is 391 g/mol. The van der Waals surface area contributed by atoms with Crippen molar-refractivity contribution >= 4 is 16.8 Å². The van der Waals surface area contributed by atoms with Gasteiger partial charge >= 0.3 is 0 Å². The molecule has 0 aliphatic carbocycles. The molecule has 29 heavy (non-hydrogen) atoms. The third-order valence-electron chi connectivity index (χ3n) is 5.63. The van der Waals surface area contributed by atoms with Crippen LogP contribution in [0.1, 0.15) is 35.1 Å². The topological polar surface area (TPSA) is 73.7 Å². The normalized spacial score (nSPS) is 18.2. The molecule has 0 N–H and O–H groups in total. The molecule has 5 rings (SSSR count). The first-order chi connectivity index (χ1) is 14.1. The monoisotopic (exact) mass is 391 g/mol. The summed E-state index contributed by atoms with van der Waals surface area (Å²) in [6.45, 7) is 1.50. The summed E-state index contributed by atoms with van der Waals surface area (Å²) in [4.78, 5) is 32.8. The molecule has 0 spiro atoms. The Kier molecular flexibility index (Phi) is 4.23. The molecule has 0 saturated carbocycles. The van der Waals surface area contributed by atoms with Crippen LogP contribution in [0.2, 0.25) is 0 Å². The number of hydrogen-bond donors (Lipinski definition) is 0. The van der Waals surface area contributed by atoms with Crippen molar-refractivity contribution < 1.29 is 14.3 Å². The predicted octanol–water partition coefficient (Wildman–Crippen LogP) is 2.68. The molecule has 2 aliphatic heterocycles. The standard InChI is InChI=1S/C22H21N3O4/c1-24-20(23-16-8-3-2-6-14(16)21(24)26)17-9-5-11-25(17)22(27)15-7-4-10-18-19(15)29-13-12-28-18/h2-4,6-8,10,17H,5,9,11-13H2,1H3. The van der Waals surface area contributed by atoms with Gasteiger partial charge in [0.1, 0.15) is 19.0 Å². The highest BCUT2D eigenvalue weighted by Gasteiger charge is 2.35. The highest BCUT2D eigenvalue weighted by atomic mass is 16.6. The minimum atomic E-state index is -0.259. The predicted molar refractivity (Wildman–Crippen MR) is 107 cm³/mol. The number of benzene rings is 2. The van der Waals surface area contributed by atoms with Crippen molar-refractivity contribution in [1.29, 1.82) is 0 Å². The average Bonchev–Trinajstić information content (AvgIpc) is 3.25. The summed E-state index contributed by atoms with van der Waals surface area (Å²) in [7, 11) is 1.72. The molecule has 1 fully saturated rings. The first kappa shape index (κ1) is 17.7. The Morgan fingerprint density at radius 2 is 1.93 bits per heavy atom. The van der Waals surface area contributed by atoms with E-state index in [1.807, 2.05) is 18.2 Å². The van der Waals surface area contributed by atoms with Crippen molar-refractivity contribution in [1.82, 2.24) is 14.5 Å². The van der Waals surface area contributed by atoms with Gasteiger partial charge in [0.05, 0.1) is 22.5 Å². The number of carbonyl (C=O) groups excluding carboxylic acids is 1. The second kappa shape index (κ2) is 6.92. The quantitative estimate of drug-likeness (QED) is 0.672. The molecule has 3 aromatic rings. The molecule has 0 bridgehead atoms. The number of fused-ring (bicyclic) bond motifs is 2. The van der Waals surface area contributed by atoms with E-state index in [4.69, 9.17) is 14.5 Å². The Bertz CT molecular complexity index is 1170. The van der Waals surface area contributed by atoms with Crippen molar-refractivity contribution in [3.8, 4) is 11.5 Å². The van der Waals surface area contributed by atoms with Gasteiger partial charge in [0, 0.05) is 13.6 Å². The molecule has 7 nitrogen and oxygen atoms in total. The number of para-hydroxylation sites is 2. The number of aromatic nitrogens is 2. The van der Waals surface area contributed by atoms with Gasteiger partial charge in [0.25, 0.3) is 11.5 Å². The summed E-state index contributed by atoms with van der Waals surface area (Å²) in [5.74, 6) is 1.57. The SMILES string of the molecule is Cn1c(C2CCCN2C(=O)c2cccc3c2OCCO3)nc2ccccc2c1=O. The third-order valence-corrected chi connectivity index (χ3v) is 5.63. The van der Waals surface area contributed by atoms with Crippen molar-refractivity contribution in [2.75, 3.05) is 19.8 Å². The van der Waals surface area contributed by atoms with E-state index in [-0.39, 0.29) is 17.5 Å². The van der Waals surface area contributed by atoms with Crippen LogP contribution in [0, 0.1) is 0 Å². The zero-order valence-electron chi connectivity index (χ0n) is 16.1. The zero-order valence-corrected chi connectivity index (χ0v) is 16.1. The third kappa shape index (κ3) is 2.85. The van der Waals surface area contributed by atoms with Gasteiger partial charge in [-0.05, 0) is 37.1 Å². The minimum Gasteiger partial charge on any atom is -0.486 e. The van der Waals surface area contributed by atoms with Crippen LogP contribution >= 0.6 is 0 Å². The Hall–Kier alpha value is -3.35. The molecule has 1 atom stereocenters. The molecule has 0 radical (unpaired) electrons. The van der Waals surface area contributed by atoms with Gasteiger partial charge in [-0.2, -0.15) is 0 Å². The molecule has 3 heterocycles. The van der Waals surface area contributed by atoms with Crippen molar-refractivity contribution in [3.05, 3.63) is 64.2 Å². The van der Waals surface area contributed by atoms with Gasteiger partial charge < -0.3 is 14.4 Å². The lowest BCUT2D eigenvalue weighted by Crippen LogP contribution is -2.35. The van der Waals surface area contributed by atoms with E-state index < -0.39 is 0 Å². The largest absolute Gasteiger partial charge is 0.486 e. The molecule has 2 aromatic carbocycles. The highest BCUT2D eigenvalue weighted by Crippen LogP contribution is 2.38. The minimum absolute atomic E-state index is 0.0984. The molecule has 148 valence electrons. The number of likely N-dealkylation sites (tertiary alicyclic amines) is 1.